The number of thiocarbonyl (C=S) groups is 1. The number of hydrogen-bond acceptors (Lipinski definition) is 3. The molecule has 5 nitrogen and oxygen atoms in total. The van der Waals surface area contributed by atoms with Gasteiger partial charge in [0.2, 0.25) is 5.91 Å². The maximum absolute atomic E-state index is 11.8. The molecule has 0 radical (unpaired) electrons. The highest BCUT2D eigenvalue weighted by molar-refractivity contribution is 7.80. The summed E-state index contributed by atoms with van der Waals surface area (Å²) in [6.07, 6.45) is 1.68. The van der Waals surface area contributed by atoms with Crippen molar-refractivity contribution in [2.24, 2.45) is 18.2 Å². The van der Waals surface area contributed by atoms with Gasteiger partial charge in [0.05, 0.1) is 22.6 Å². The zero-order valence-electron chi connectivity index (χ0n) is 9.65. The van der Waals surface area contributed by atoms with Crippen molar-refractivity contribution < 1.29 is 4.79 Å². The normalized spacial score (nSPS) is 11.2. The summed E-state index contributed by atoms with van der Waals surface area (Å²) in [5.74, 6) is -0.179. The van der Waals surface area contributed by atoms with Gasteiger partial charge in [0.15, 0.2) is 0 Å². The third-order valence-corrected chi connectivity index (χ3v) is 3.05. The van der Waals surface area contributed by atoms with Crippen LogP contribution in [0.4, 0.5) is 0 Å². The van der Waals surface area contributed by atoms with Crippen LogP contribution in [0.2, 0.25) is 0 Å². The summed E-state index contributed by atoms with van der Waals surface area (Å²) in [6.45, 7) is 3.82. The van der Waals surface area contributed by atoms with Gasteiger partial charge in [-0.1, -0.05) is 12.2 Å². The Kier molecular flexibility index (Phi) is 3.64. The van der Waals surface area contributed by atoms with E-state index in [0.29, 0.717) is 6.54 Å². The fourth-order valence-corrected chi connectivity index (χ4v) is 1.17. The number of aryl methyl sites for hydroxylation is 1. The Morgan fingerprint density at radius 1 is 1.69 bits per heavy atom. The van der Waals surface area contributed by atoms with Crippen molar-refractivity contribution in [3.8, 4) is 0 Å². The Balaban J connectivity index is 2.60. The van der Waals surface area contributed by atoms with Crippen LogP contribution in [0.3, 0.4) is 0 Å². The van der Waals surface area contributed by atoms with Crippen LogP contribution < -0.4 is 11.1 Å². The van der Waals surface area contributed by atoms with Gasteiger partial charge in [-0.3, -0.25) is 9.48 Å². The van der Waals surface area contributed by atoms with Crippen LogP contribution in [0, 0.1) is 5.41 Å². The van der Waals surface area contributed by atoms with E-state index in [4.69, 9.17) is 18.0 Å². The van der Waals surface area contributed by atoms with E-state index in [2.05, 4.69) is 10.4 Å². The summed E-state index contributed by atoms with van der Waals surface area (Å²) >= 11 is 4.85. The van der Waals surface area contributed by atoms with Crippen LogP contribution in [0.25, 0.3) is 0 Å². The molecule has 1 aromatic heterocycles. The minimum absolute atomic E-state index is 0.179. The SMILES string of the molecule is Cn1nccc1CNC(=O)C(C)(C)C(N)=S. The van der Waals surface area contributed by atoms with Gasteiger partial charge in [-0.05, 0) is 19.9 Å². The van der Waals surface area contributed by atoms with E-state index in [1.807, 2.05) is 13.1 Å². The van der Waals surface area contributed by atoms with Gasteiger partial charge in [-0.15, -0.1) is 0 Å². The lowest BCUT2D eigenvalue weighted by Gasteiger charge is -2.21. The second kappa shape index (κ2) is 4.61. The molecule has 0 saturated carbocycles. The van der Waals surface area contributed by atoms with Crippen LogP contribution in [0.1, 0.15) is 19.5 Å². The highest BCUT2D eigenvalue weighted by Gasteiger charge is 2.30. The average Bonchev–Trinajstić information content (AvgIpc) is 2.60. The molecular formula is C10H16N4OS. The van der Waals surface area contributed by atoms with E-state index in [0.717, 1.165) is 5.69 Å². The van der Waals surface area contributed by atoms with E-state index in [1.165, 1.54) is 0 Å². The fourth-order valence-electron chi connectivity index (χ4n) is 1.08. The van der Waals surface area contributed by atoms with Crippen molar-refractivity contribution in [2.75, 3.05) is 0 Å². The van der Waals surface area contributed by atoms with Crippen molar-refractivity contribution in [1.82, 2.24) is 15.1 Å². The van der Waals surface area contributed by atoms with Crippen LogP contribution in [-0.2, 0) is 18.4 Å². The number of nitrogens with zero attached hydrogens (tertiary/aromatic N) is 2. The van der Waals surface area contributed by atoms with Gasteiger partial charge in [-0.25, -0.2) is 0 Å². The monoisotopic (exact) mass is 240 g/mol. The molecule has 0 bridgehead atoms. The van der Waals surface area contributed by atoms with E-state index in [-0.39, 0.29) is 10.9 Å². The van der Waals surface area contributed by atoms with Crippen LogP contribution in [0.15, 0.2) is 12.3 Å². The van der Waals surface area contributed by atoms with Crippen LogP contribution >= 0.6 is 12.2 Å². The van der Waals surface area contributed by atoms with Gasteiger partial charge < -0.3 is 11.1 Å². The van der Waals surface area contributed by atoms with Gasteiger partial charge >= 0.3 is 0 Å². The number of nitrogens with one attached hydrogen (secondary N) is 1. The first-order valence-corrected chi connectivity index (χ1v) is 5.31. The zero-order valence-corrected chi connectivity index (χ0v) is 10.5. The lowest BCUT2D eigenvalue weighted by atomic mass is 9.92. The predicted molar refractivity (Wildman–Crippen MR) is 65.6 cm³/mol. The van der Waals surface area contributed by atoms with Crippen molar-refractivity contribution in [3.63, 3.8) is 0 Å². The van der Waals surface area contributed by atoms with Crippen molar-refractivity contribution in [1.29, 1.82) is 0 Å². The molecule has 1 aromatic rings. The van der Waals surface area contributed by atoms with E-state index in [1.54, 1.807) is 24.7 Å². The topological polar surface area (TPSA) is 72.9 Å². The lowest BCUT2D eigenvalue weighted by molar-refractivity contribution is -0.126. The standard InChI is InChI=1S/C10H16N4OS/c1-10(2,8(11)16)9(15)12-6-7-4-5-13-14(7)3/h4-5H,6H2,1-3H3,(H2,11,16)(H,12,15). The molecule has 1 rings (SSSR count). The molecule has 6 heteroatoms. The minimum Gasteiger partial charge on any atom is -0.392 e. The minimum atomic E-state index is -0.825. The first-order chi connectivity index (χ1) is 7.35. The van der Waals surface area contributed by atoms with E-state index >= 15 is 0 Å². The molecule has 0 unspecified atom stereocenters. The number of aromatic nitrogens is 2. The zero-order chi connectivity index (χ0) is 12.3. The Bertz CT molecular complexity index is 411. The first-order valence-electron chi connectivity index (χ1n) is 4.91. The number of hydrogen-bond donors (Lipinski definition) is 2. The highest BCUT2D eigenvalue weighted by atomic mass is 32.1. The molecule has 1 heterocycles. The summed E-state index contributed by atoms with van der Waals surface area (Å²) in [7, 11) is 1.82. The van der Waals surface area contributed by atoms with Gasteiger partial charge in [0.25, 0.3) is 0 Å². The molecule has 1 amide bonds. The summed E-state index contributed by atoms with van der Waals surface area (Å²) in [4.78, 5) is 12.0. The molecule has 0 aliphatic rings. The summed E-state index contributed by atoms with van der Waals surface area (Å²) in [6, 6.07) is 1.84. The Morgan fingerprint density at radius 3 is 2.75 bits per heavy atom. The molecule has 0 fully saturated rings. The summed E-state index contributed by atoms with van der Waals surface area (Å²) in [5, 5.41) is 6.79. The Hall–Kier alpha value is -1.43. The average molecular weight is 240 g/mol. The highest BCUT2D eigenvalue weighted by Crippen LogP contribution is 2.15. The predicted octanol–water partition coefficient (Wildman–Crippen LogP) is 0.349. The number of carbonyl (C=O) groups is 1. The third-order valence-electron chi connectivity index (χ3n) is 2.54. The van der Waals surface area contributed by atoms with Crippen LogP contribution in [0.5, 0.6) is 0 Å². The molecule has 0 aromatic carbocycles. The molecule has 3 N–H and O–H groups in total. The van der Waals surface area contributed by atoms with Crippen molar-refractivity contribution >= 4 is 23.1 Å². The second-order valence-corrected chi connectivity index (χ2v) is 4.56. The smallest absolute Gasteiger partial charge is 0.232 e. The van der Waals surface area contributed by atoms with Crippen molar-refractivity contribution in [2.45, 2.75) is 20.4 Å². The fraction of sp³-hybridized carbons (Fsp3) is 0.500. The number of nitrogens with two attached hydrogens (primary N) is 1. The molecule has 88 valence electrons. The molecular weight excluding hydrogens is 224 g/mol. The van der Waals surface area contributed by atoms with Gasteiger partial charge in [-0.2, -0.15) is 5.10 Å². The molecule has 0 spiro atoms. The second-order valence-electron chi connectivity index (χ2n) is 4.12. The summed E-state index contributed by atoms with van der Waals surface area (Å²) in [5.41, 5.74) is 5.60. The molecule has 0 aliphatic heterocycles. The summed E-state index contributed by atoms with van der Waals surface area (Å²) < 4.78 is 1.70. The number of amides is 1. The molecule has 0 aliphatic carbocycles. The molecule has 0 atom stereocenters. The van der Waals surface area contributed by atoms with Gasteiger partial charge in [0.1, 0.15) is 0 Å². The molecule has 16 heavy (non-hydrogen) atoms. The first kappa shape index (κ1) is 12.6. The Morgan fingerprint density at radius 2 is 2.31 bits per heavy atom. The van der Waals surface area contributed by atoms with Gasteiger partial charge in [0, 0.05) is 13.2 Å². The maximum Gasteiger partial charge on any atom is 0.232 e. The van der Waals surface area contributed by atoms with Crippen LogP contribution in [-0.4, -0.2) is 20.7 Å². The third kappa shape index (κ3) is 2.57. The number of carbonyl (C=O) groups excluding carboxylic acids is 1. The quantitative estimate of drug-likeness (QED) is 0.745. The Labute approximate surface area is 100 Å². The van der Waals surface area contributed by atoms with E-state index < -0.39 is 5.41 Å². The molecule has 0 saturated heterocycles. The maximum atomic E-state index is 11.8. The lowest BCUT2D eigenvalue weighted by Crippen LogP contribution is -2.44. The largest absolute Gasteiger partial charge is 0.392 e. The number of rotatable bonds is 4. The van der Waals surface area contributed by atoms with Crippen molar-refractivity contribution in [3.05, 3.63) is 18.0 Å². The van der Waals surface area contributed by atoms with E-state index in [9.17, 15) is 4.79 Å².